The predicted octanol–water partition coefficient (Wildman–Crippen LogP) is 6.37. The van der Waals surface area contributed by atoms with E-state index >= 15 is 0 Å². The molecule has 3 heteroatoms. The molecule has 0 aromatic heterocycles. The molecule has 0 radical (unpaired) electrons. The normalized spacial score (nSPS) is 28.9. The average molecular weight is 370 g/mol. The number of allylic oxidation sites excluding steroid dienone is 1. The second-order valence-electron chi connectivity index (χ2n) is 8.22. The third-order valence-corrected chi connectivity index (χ3v) is 6.65. The molecule has 1 aromatic carbocycles. The van der Waals surface area contributed by atoms with Crippen molar-refractivity contribution in [1.82, 2.24) is 0 Å². The van der Waals surface area contributed by atoms with E-state index in [1.807, 2.05) is 19.1 Å². The molecule has 0 spiro atoms. The zero-order valence-corrected chi connectivity index (χ0v) is 16.5. The fourth-order valence-electron chi connectivity index (χ4n) is 5.07. The molecule has 2 fully saturated rings. The number of hydrogen-bond acceptors (Lipinski definition) is 2. The molecular weight excluding hydrogens is 337 g/mol. The highest BCUT2D eigenvalue weighted by Gasteiger charge is 2.31. The van der Waals surface area contributed by atoms with Crippen molar-refractivity contribution in [3.05, 3.63) is 47.3 Å². The van der Waals surface area contributed by atoms with Gasteiger partial charge in [0.05, 0.1) is 18.2 Å². The van der Waals surface area contributed by atoms with E-state index in [4.69, 9.17) is 10.00 Å². The number of rotatable bonds is 6. The van der Waals surface area contributed by atoms with Crippen molar-refractivity contribution in [2.24, 2.45) is 17.8 Å². The molecule has 1 aromatic rings. The Morgan fingerprint density at radius 3 is 2.33 bits per heavy atom. The van der Waals surface area contributed by atoms with Gasteiger partial charge in [-0.1, -0.05) is 18.2 Å². The number of ether oxygens (including phenoxy) is 1. The Labute approximate surface area is 163 Å². The lowest BCUT2D eigenvalue weighted by Gasteiger charge is -2.37. The highest BCUT2D eigenvalue weighted by atomic mass is 19.1. The smallest absolute Gasteiger partial charge is 0.127 e. The van der Waals surface area contributed by atoms with Gasteiger partial charge in [0.2, 0.25) is 0 Å². The van der Waals surface area contributed by atoms with Crippen LogP contribution in [-0.2, 0) is 4.74 Å². The molecular formula is C24H32FNO. The van der Waals surface area contributed by atoms with E-state index in [2.05, 4.69) is 12.2 Å². The van der Waals surface area contributed by atoms with E-state index in [0.717, 1.165) is 49.4 Å². The number of nitrogens with zero attached hydrogens (tertiary/aromatic N) is 1. The number of benzene rings is 1. The van der Waals surface area contributed by atoms with Gasteiger partial charge < -0.3 is 4.74 Å². The van der Waals surface area contributed by atoms with Gasteiger partial charge in [-0.2, -0.15) is 5.26 Å². The van der Waals surface area contributed by atoms with Crippen LogP contribution in [0.5, 0.6) is 0 Å². The van der Waals surface area contributed by atoms with Crippen LogP contribution in [0.25, 0.3) is 0 Å². The monoisotopic (exact) mass is 369 g/mol. The maximum atomic E-state index is 14.3. The van der Waals surface area contributed by atoms with E-state index < -0.39 is 0 Å². The lowest BCUT2D eigenvalue weighted by molar-refractivity contribution is 0.168. The van der Waals surface area contributed by atoms with Crippen molar-refractivity contribution in [2.45, 2.75) is 64.2 Å². The maximum Gasteiger partial charge on any atom is 0.127 e. The number of halogens is 1. The van der Waals surface area contributed by atoms with Crippen LogP contribution >= 0.6 is 0 Å². The van der Waals surface area contributed by atoms with Gasteiger partial charge in [-0.3, -0.25) is 0 Å². The van der Waals surface area contributed by atoms with Gasteiger partial charge in [0.1, 0.15) is 5.82 Å². The van der Waals surface area contributed by atoms with Gasteiger partial charge in [-0.15, -0.1) is 0 Å². The minimum Gasteiger partial charge on any atom is -0.378 e. The number of nitriles is 1. The van der Waals surface area contributed by atoms with Crippen LogP contribution in [0.1, 0.15) is 75.3 Å². The van der Waals surface area contributed by atoms with Gasteiger partial charge in [-0.25, -0.2) is 4.39 Å². The lowest BCUT2D eigenvalue weighted by atomic mass is 9.68. The molecule has 3 rings (SSSR count). The first-order chi connectivity index (χ1) is 13.2. The molecule has 0 bridgehead atoms. The second-order valence-corrected chi connectivity index (χ2v) is 8.22. The summed E-state index contributed by atoms with van der Waals surface area (Å²) in [6.07, 6.45) is 14.4. The van der Waals surface area contributed by atoms with E-state index in [9.17, 15) is 4.39 Å². The zero-order valence-electron chi connectivity index (χ0n) is 16.5. The summed E-state index contributed by atoms with van der Waals surface area (Å²) in [5, 5.41) is 8.91. The highest BCUT2D eigenvalue weighted by molar-refractivity contribution is 5.34. The highest BCUT2D eigenvalue weighted by Crippen LogP contribution is 2.44. The van der Waals surface area contributed by atoms with E-state index in [-0.39, 0.29) is 5.82 Å². The van der Waals surface area contributed by atoms with Gasteiger partial charge in [0.25, 0.3) is 0 Å². The summed E-state index contributed by atoms with van der Waals surface area (Å²) in [6, 6.07) is 7.00. The minimum atomic E-state index is -0.197. The van der Waals surface area contributed by atoms with Crippen molar-refractivity contribution in [3.8, 4) is 6.07 Å². The van der Waals surface area contributed by atoms with Gasteiger partial charge >= 0.3 is 0 Å². The topological polar surface area (TPSA) is 33.0 Å². The Hall–Kier alpha value is -1.66. The fraction of sp³-hybridized carbons (Fsp3) is 0.625. The first-order valence-corrected chi connectivity index (χ1v) is 10.6. The van der Waals surface area contributed by atoms with Crippen molar-refractivity contribution in [3.63, 3.8) is 0 Å². The summed E-state index contributed by atoms with van der Waals surface area (Å²) in [5.74, 6) is 2.53. The molecule has 2 saturated carbocycles. The van der Waals surface area contributed by atoms with Crippen molar-refractivity contribution >= 4 is 0 Å². The maximum absolute atomic E-state index is 14.3. The Balaban J connectivity index is 1.45. The van der Waals surface area contributed by atoms with Crippen LogP contribution in [-0.4, -0.2) is 13.2 Å². The van der Waals surface area contributed by atoms with Crippen LogP contribution in [0.2, 0.25) is 0 Å². The first-order valence-electron chi connectivity index (χ1n) is 10.6. The molecule has 0 N–H and O–H groups in total. The molecule has 0 saturated heterocycles. The van der Waals surface area contributed by atoms with Crippen molar-refractivity contribution < 1.29 is 9.13 Å². The third-order valence-electron chi connectivity index (χ3n) is 6.65. The SMILES string of the molecule is CCOCC=C[C@H]1CC[C@H]([C@H]2CC[C@H](c3ccc(C#N)cc3F)CC2)CC1. The fourth-order valence-corrected chi connectivity index (χ4v) is 5.07. The molecule has 0 atom stereocenters. The quantitative estimate of drug-likeness (QED) is 0.431. The summed E-state index contributed by atoms with van der Waals surface area (Å²) in [5.41, 5.74) is 1.23. The van der Waals surface area contributed by atoms with Crippen molar-refractivity contribution in [2.75, 3.05) is 13.2 Å². The largest absolute Gasteiger partial charge is 0.378 e. The number of hydrogen-bond donors (Lipinski definition) is 0. The molecule has 2 aliphatic carbocycles. The van der Waals surface area contributed by atoms with Crippen molar-refractivity contribution in [1.29, 1.82) is 5.26 Å². The van der Waals surface area contributed by atoms with Crippen LogP contribution in [0.3, 0.4) is 0 Å². The molecule has 0 amide bonds. The van der Waals surface area contributed by atoms with Crippen LogP contribution in [0.15, 0.2) is 30.4 Å². The predicted molar refractivity (Wildman–Crippen MR) is 107 cm³/mol. The summed E-state index contributed by atoms with van der Waals surface area (Å²) >= 11 is 0. The zero-order chi connectivity index (χ0) is 19.1. The first kappa shape index (κ1) is 20.1. The Bertz CT molecular complexity index is 661. The summed E-state index contributed by atoms with van der Waals surface area (Å²) in [6.45, 7) is 3.56. The standard InChI is InChI=1S/C24H32FNO/c1-2-27-15-3-4-18-5-8-20(9-6-18)21-10-12-22(13-11-21)23-14-7-19(17-26)16-24(23)25/h3-4,7,14,16,18,20-22H,2,5-6,8-13,15H2,1H3/t18-,20-,21-,22-. The summed E-state index contributed by atoms with van der Waals surface area (Å²) in [4.78, 5) is 0. The van der Waals surface area contributed by atoms with Gasteiger partial charge in [-0.05, 0) is 99.7 Å². The average Bonchev–Trinajstić information content (AvgIpc) is 2.72. The summed E-state index contributed by atoms with van der Waals surface area (Å²) < 4.78 is 19.7. The van der Waals surface area contributed by atoms with Crippen LogP contribution in [0.4, 0.5) is 4.39 Å². The second kappa shape index (κ2) is 10.0. The van der Waals surface area contributed by atoms with E-state index in [0.29, 0.717) is 11.5 Å². The third kappa shape index (κ3) is 5.42. The minimum absolute atomic E-state index is 0.197. The molecule has 0 heterocycles. The van der Waals surface area contributed by atoms with Crippen LogP contribution in [0, 0.1) is 34.9 Å². The molecule has 0 aliphatic heterocycles. The lowest BCUT2D eigenvalue weighted by Crippen LogP contribution is -2.25. The molecule has 2 nitrogen and oxygen atoms in total. The van der Waals surface area contributed by atoms with E-state index in [1.165, 1.54) is 44.6 Å². The van der Waals surface area contributed by atoms with E-state index in [1.54, 1.807) is 6.07 Å². The molecule has 146 valence electrons. The van der Waals surface area contributed by atoms with Gasteiger partial charge in [0.15, 0.2) is 0 Å². The summed E-state index contributed by atoms with van der Waals surface area (Å²) in [7, 11) is 0. The molecule has 0 unspecified atom stereocenters. The molecule has 2 aliphatic rings. The van der Waals surface area contributed by atoms with Gasteiger partial charge in [0, 0.05) is 6.61 Å². The Morgan fingerprint density at radius 1 is 1.07 bits per heavy atom. The van der Waals surface area contributed by atoms with Crippen LogP contribution < -0.4 is 0 Å². The Morgan fingerprint density at radius 2 is 1.74 bits per heavy atom. The Kier molecular flexibility index (Phi) is 7.47. The molecule has 27 heavy (non-hydrogen) atoms.